The molecule has 1 heteroatoms. The molecule has 0 aliphatic heterocycles. The fourth-order valence-corrected chi connectivity index (χ4v) is 1.65. The van der Waals surface area contributed by atoms with Crippen molar-refractivity contribution in [3.63, 3.8) is 0 Å². The molecule has 0 amide bonds. The van der Waals surface area contributed by atoms with Crippen LogP contribution in [0.25, 0.3) is 0 Å². The van der Waals surface area contributed by atoms with Crippen molar-refractivity contribution in [1.82, 2.24) is 0 Å². The van der Waals surface area contributed by atoms with Crippen LogP contribution in [0.3, 0.4) is 0 Å². The molecular weight excluding hydrogens is 196 g/mol. The molecule has 16 heavy (non-hydrogen) atoms. The summed E-state index contributed by atoms with van der Waals surface area (Å²) >= 11 is 0. The first-order valence-electron chi connectivity index (χ1n) is 6.02. The topological polar surface area (TPSA) is 17.1 Å². The molecule has 0 radical (unpaired) electrons. The molecule has 1 nitrogen and oxygen atoms in total. The number of Topliss-reactive ketones (excluding diaryl/α,β-unsaturated/α-hetero) is 1. The van der Waals surface area contributed by atoms with E-state index in [1.165, 1.54) is 11.1 Å². The molecule has 0 unspecified atom stereocenters. The summed E-state index contributed by atoms with van der Waals surface area (Å²) in [6.07, 6.45) is 5.65. The predicted molar refractivity (Wildman–Crippen MR) is 71.5 cm³/mol. The lowest BCUT2D eigenvalue weighted by Crippen LogP contribution is -2.05. The minimum absolute atomic E-state index is 0.247. The van der Waals surface area contributed by atoms with Crippen molar-refractivity contribution in [1.29, 1.82) is 0 Å². The molecule has 0 fully saturated rings. The molecule has 0 heterocycles. The first kappa shape index (κ1) is 14.9. The van der Waals surface area contributed by atoms with Gasteiger partial charge in [-0.15, -0.1) is 0 Å². The zero-order valence-electron chi connectivity index (χ0n) is 11.5. The minimum Gasteiger partial charge on any atom is -0.294 e. The number of ketones is 1. The molecule has 0 atom stereocenters. The van der Waals surface area contributed by atoms with E-state index in [1.54, 1.807) is 0 Å². The summed E-state index contributed by atoms with van der Waals surface area (Å²) in [7, 11) is 0. The van der Waals surface area contributed by atoms with Crippen molar-refractivity contribution in [2.24, 2.45) is 0 Å². The van der Waals surface area contributed by atoms with Gasteiger partial charge in [-0.1, -0.05) is 37.1 Å². The number of carbonyl (C=O) groups is 1. The third-order valence-corrected chi connectivity index (χ3v) is 2.85. The molecule has 0 spiro atoms. The zero-order chi connectivity index (χ0) is 12.7. The Balaban J connectivity index is 5.39. The predicted octanol–water partition coefficient (Wildman–Crippen LogP) is 4.60. The summed E-state index contributed by atoms with van der Waals surface area (Å²) in [5, 5.41) is 0. The summed E-state index contributed by atoms with van der Waals surface area (Å²) in [6, 6.07) is 0. The maximum atomic E-state index is 11.9. The van der Waals surface area contributed by atoms with Crippen molar-refractivity contribution < 1.29 is 4.79 Å². The Hall–Kier alpha value is -1.11. The Kier molecular flexibility index (Phi) is 6.71. The lowest BCUT2D eigenvalue weighted by Gasteiger charge is -2.10. The summed E-state index contributed by atoms with van der Waals surface area (Å²) in [5.41, 5.74) is 4.39. The molecule has 0 bridgehead atoms. The van der Waals surface area contributed by atoms with Crippen LogP contribution in [0, 0.1) is 0 Å². The maximum Gasteiger partial charge on any atom is 0.162 e. The maximum absolute atomic E-state index is 11.9. The SMILES string of the molecule is C/C=C(C)\C=C(\C)C(C(=O)CC)=C(C)CC. The normalized spacial score (nSPS) is 14.9. The number of carbonyl (C=O) groups excluding carboxylic acids is 1. The standard InChI is InChI=1S/C15H24O/c1-7-11(4)10-13(6)15(12(5)8-2)14(16)9-3/h7,10H,8-9H2,1-6H3/b11-7-,13-10-,15-12?. The number of hydrogen-bond acceptors (Lipinski definition) is 1. The van der Waals surface area contributed by atoms with Crippen molar-refractivity contribution in [3.05, 3.63) is 34.4 Å². The van der Waals surface area contributed by atoms with E-state index in [4.69, 9.17) is 0 Å². The van der Waals surface area contributed by atoms with Crippen LogP contribution < -0.4 is 0 Å². The molecule has 0 rings (SSSR count). The van der Waals surface area contributed by atoms with Crippen LogP contribution in [0.5, 0.6) is 0 Å². The van der Waals surface area contributed by atoms with Crippen LogP contribution in [0.1, 0.15) is 54.4 Å². The Morgan fingerprint density at radius 3 is 2.00 bits per heavy atom. The van der Waals surface area contributed by atoms with Crippen molar-refractivity contribution in [2.75, 3.05) is 0 Å². The molecule has 0 N–H and O–H groups in total. The van der Waals surface area contributed by atoms with Gasteiger partial charge in [0.1, 0.15) is 0 Å². The highest BCUT2D eigenvalue weighted by Gasteiger charge is 2.11. The van der Waals surface area contributed by atoms with E-state index in [1.807, 2.05) is 27.7 Å². The zero-order valence-corrected chi connectivity index (χ0v) is 11.5. The highest BCUT2D eigenvalue weighted by atomic mass is 16.1. The van der Waals surface area contributed by atoms with Gasteiger partial charge < -0.3 is 0 Å². The van der Waals surface area contributed by atoms with Crippen molar-refractivity contribution >= 4 is 5.78 Å². The van der Waals surface area contributed by atoms with Gasteiger partial charge in [0.15, 0.2) is 5.78 Å². The minimum atomic E-state index is 0.247. The summed E-state index contributed by atoms with van der Waals surface area (Å²) < 4.78 is 0. The van der Waals surface area contributed by atoms with Crippen LogP contribution in [0.2, 0.25) is 0 Å². The Morgan fingerprint density at radius 2 is 1.62 bits per heavy atom. The lowest BCUT2D eigenvalue weighted by molar-refractivity contribution is -0.115. The van der Waals surface area contributed by atoms with Gasteiger partial charge in [-0.25, -0.2) is 0 Å². The smallest absolute Gasteiger partial charge is 0.162 e. The van der Waals surface area contributed by atoms with E-state index in [0.29, 0.717) is 6.42 Å². The van der Waals surface area contributed by atoms with Crippen molar-refractivity contribution in [3.8, 4) is 0 Å². The van der Waals surface area contributed by atoms with Gasteiger partial charge in [0.25, 0.3) is 0 Å². The third-order valence-electron chi connectivity index (χ3n) is 2.85. The molecule has 0 aliphatic rings. The molecule has 0 aromatic heterocycles. The third kappa shape index (κ3) is 4.18. The number of allylic oxidation sites excluding steroid dienone is 6. The molecule has 90 valence electrons. The average Bonchev–Trinajstić information content (AvgIpc) is 2.28. The Morgan fingerprint density at radius 1 is 1.06 bits per heavy atom. The highest BCUT2D eigenvalue weighted by Crippen LogP contribution is 2.20. The van der Waals surface area contributed by atoms with Crippen LogP contribution in [0.15, 0.2) is 34.4 Å². The van der Waals surface area contributed by atoms with Gasteiger partial charge in [0.2, 0.25) is 0 Å². The van der Waals surface area contributed by atoms with Crippen LogP contribution >= 0.6 is 0 Å². The number of rotatable bonds is 5. The average molecular weight is 220 g/mol. The van der Waals surface area contributed by atoms with Gasteiger partial charge in [0.05, 0.1) is 0 Å². The van der Waals surface area contributed by atoms with E-state index in [9.17, 15) is 4.79 Å². The second-order valence-corrected chi connectivity index (χ2v) is 4.15. The second kappa shape index (κ2) is 7.21. The van der Waals surface area contributed by atoms with Gasteiger partial charge >= 0.3 is 0 Å². The first-order valence-corrected chi connectivity index (χ1v) is 6.02. The van der Waals surface area contributed by atoms with E-state index in [2.05, 4.69) is 26.0 Å². The molecule has 0 aromatic carbocycles. The van der Waals surface area contributed by atoms with Crippen LogP contribution in [0.4, 0.5) is 0 Å². The van der Waals surface area contributed by atoms with Gasteiger partial charge in [-0.3, -0.25) is 4.79 Å². The molecule has 0 aliphatic carbocycles. The lowest BCUT2D eigenvalue weighted by atomic mass is 9.94. The first-order chi connectivity index (χ1) is 7.47. The van der Waals surface area contributed by atoms with E-state index in [-0.39, 0.29) is 5.78 Å². The quantitative estimate of drug-likeness (QED) is 0.488. The van der Waals surface area contributed by atoms with E-state index < -0.39 is 0 Å². The molecule has 0 aromatic rings. The molecular formula is C15H24O. The van der Waals surface area contributed by atoms with Crippen LogP contribution in [-0.4, -0.2) is 5.78 Å². The summed E-state index contributed by atoms with van der Waals surface area (Å²) in [5.74, 6) is 0.247. The summed E-state index contributed by atoms with van der Waals surface area (Å²) in [6.45, 7) is 12.1. The van der Waals surface area contributed by atoms with Crippen LogP contribution in [-0.2, 0) is 4.79 Å². The molecule has 0 saturated heterocycles. The van der Waals surface area contributed by atoms with Gasteiger partial charge in [-0.2, -0.15) is 0 Å². The fraction of sp³-hybridized carbons (Fsp3) is 0.533. The Bertz CT molecular complexity index is 340. The highest BCUT2D eigenvalue weighted by molar-refractivity contribution is 5.99. The van der Waals surface area contributed by atoms with E-state index in [0.717, 1.165) is 17.6 Å². The van der Waals surface area contributed by atoms with E-state index >= 15 is 0 Å². The molecule has 0 saturated carbocycles. The van der Waals surface area contributed by atoms with Gasteiger partial charge in [0, 0.05) is 12.0 Å². The van der Waals surface area contributed by atoms with Gasteiger partial charge in [-0.05, 0) is 39.7 Å². The monoisotopic (exact) mass is 220 g/mol. The largest absolute Gasteiger partial charge is 0.294 e. The Labute approximate surface area is 99.9 Å². The number of hydrogen-bond donors (Lipinski definition) is 0. The second-order valence-electron chi connectivity index (χ2n) is 4.15. The van der Waals surface area contributed by atoms with Crippen molar-refractivity contribution in [2.45, 2.75) is 54.4 Å². The fourth-order valence-electron chi connectivity index (χ4n) is 1.65. The summed E-state index contributed by atoms with van der Waals surface area (Å²) in [4.78, 5) is 11.9.